The standard InChI is InChI=1S/C17H16ClN3OS/c1-11-3-6-13(7-4-11)19-16(22)10-23-17-20-14-9-12(18)5-8-15(14)21(17)2/h3-9H,10H2,1-2H3,(H,19,22). The Morgan fingerprint density at radius 2 is 2.00 bits per heavy atom. The molecule has 118 valence electrons. The van der Waals surface area contributed by atoms with Gasteiger partial charge in [0.1, 0.15) is 0 Å². The summed E-state index contributed by atoms with van der Waals surface area (Å²) in [6.07, 6.45) is 0. The van der Waals surface area contributed by atoms with E-state index < -0.39 is 0 Å². The number of aryl methyl sites for hydroxylation is 2. The number of anilines is 1. The zero-order valence-electron chi connectivity index (χ0n) is 12.8. The smallest absolute Gasteiger partial charge is 0.234 e. The fourth-order valence-corrected chi connectivity index (χ4v) is 3.20. The number of imidazole rings is 1. The molecule has 1 N–H and O–H groups in total. The molecule has 2 aromatic carbocycles. The molecule has 1 aromatic heterocycles. The van der Waals surface area contributed by atoms with Gasteiger partial charge in [-0.1, -0.05) is 41.1 Å². The number of thioether (sulfide) groups is 1. The van der Waals surface area contributed by atoms with Crippen molar-refractivity contribution in [1.82, 2.24) is 9.55 Å². The SMILES string of the molecule is Cc1ccc(NC(=O)CSc2nc3cc(Cl)ccc3n2C)cc1. The van der Waals surface area contributed by atoms with Crippen LogP contribution in [-0.2, 0) is 11.8 Å². The maximum absolute atomic E-state index is 12.1. The van der Waals surface area contributed by atoms with Crippen LogP contribution in [0.5, 0.6) is 0 Å². The molecule has 0 aliphatic heterocycles. The van der Waals surface area contributed by atoms with Crippen LogP contribution in [0.2, 0.25) is 5.02 Å². The number of nitrogens with one attached hydrogen (secondary N) is 1. The zero-order chi connectivity index (χ0) is 16.4. The first-order valence-electron chi connectivity index (χ1n) is 7.14. The van der Waals surface area contributed by atoms with E-state index in [0.717, 1.165) is 27.4 Å². The second kappa shape index (κ2) is 6.64. The third-order valence-electron chi connectivity index (χ3n) is 3.47. The summed E-state index contributed by atoms with van der Waals surface area (Å²) < 4.78 is 1.97. The van der Waals surface area contributed by atoms with Crippen LogP contribution in [0, 0.1) is 6.92 Å². The van der Waals surface area contributed by atoms with Gasteiger partial charge in [-0.3, -0.25) is 4.79 Å². The largest absolute Gasteiger partial charge is 0.325 e. The van der Waals surface area contributed by atoms with Gasteiger partial charge in [0.2, 0.25) is 5.91 Å². The lowest BCUT2D eigenvalue weighted by Gasteiger charge is -2.05. The summed E-state index contributed by atoms with van der Waals surface area (Å²) in [5.41, 5.74) is 3.80. The second-order valence-electron chi connectivity index (χ2n) is 5.29. The number of aromatic nitrogens is 2. The lowest BCUT2D eigenvalue weighted by atomic mass is 10.2. The van der Waals surface area contributed by atoms with Gasteiger partial charge >= 0.3 is 0 Å². The van der Waals surface area contributed by atoms with Crippen molar-refractivity contribution >= 4 is 46.0 Å². The average Bonchev–Trinajstić information content (AvgIpc) is 2.83. The molecule has 0 bridgehead atoms. The molecule has 0 radical (unpaired) electrons. The Balaban J connectivity index is 1.67. The van der Waals surface area contributed by atoms with Gasteiger partial charge in [-0.05, 0) is 37.3 Å². The van der Waals surface area contributed by atoms with Crippen molar-refractivity contribution < 1.29 is 4.79 Å². The third kappa shape index (κ3) is 3.68. The van der Waals surface area contributed by atoms with E-state index in [1.807, 2.05) is 61.0 Å². The predicted molar refractivity (Wildman–Crippen MR) is 96.3 cm³/mol. The van der Waals surface area contributed by atoms with Crippen molar-refractivity contribution in [3.63, 3.8) is 0 Å². The number of carbonyl (C=O) groups is 1. The van der Waals surface area contributed by atoms with Crippen molar-refractivity contribution in [2.24, 2.45) is 7.05 Å². The van der Waals surface area contributed by atoms with Crippen LogP contribution in [0.1, 0.15) is 5.56 Å². The number of halogens is 1. The Labute approximate surface area is 143 Å². The summed E-state index contributed by atoms with van der Waals surface area (Å²) in [6, 6.07) is 13.3. The number of hydrogen-bond donors (Lipinski definition) is 1. The normalized spacial score (nSPS) is 10.9. The van der Waals surface area contributed by atoms with Crippen molar-refractivity contribution in [1.29, 1.82) is 0 Å². The van der Waals surface area contributed by atoms with E-state index in [-0.39, 0.29) is 5.91 Å². The van der Waals surface area contributed by atoms with Gasteiger partial charge in [0.15, 0.2) is 5.16 Å². The number of rotatable bonds is 4. The fourth-order valence-electron chi connectivity index (χ4n) is 2.24. The topological polar surface area (TPSA) is 46.9 Å². The molecule has 3 aromatic rings. The van der Waals surface area contributed by atoms with Gasteiger partial charge in [0.25, 0.3) is 0 Å². The van der Waals surface area contributed by atoms with E-state index in [1.165, 1.54) is 11.8 Å². The molecule has 23 heavy (non-hydrogen) atoms. The fraction of sp³-hybridized carbons (Fsp3) is 0.176. The number of fused-ring (bicyclic) bond motifs is 1. The molecule has 0 unspecified atom stereocenters. The van der Waals surface area contributed by atoms with Crippen LogP contribution >= 0.6 is 23.4 Å². The summed E-state index contributed by atoms with van der Waals surface area (Å²) in [5.74, 6) is 0.252. The molecule has 0 saturated heterocycles. The number of nitrogens with zero attached hydrogens (tertiary/aromatic N) is 2. The Kier molecular flexibility index (Phi) is 4.59. The highest BCUT2D eigenvalue weighted by Gasteiger charge is 2.11. The second-order valence-corrected chi connectivity index (χ2v) is 6.67. The molecular formula is C17H16ClN3OS. The number of benzene rings is 2. The lowest BCUT2D eigenvalue weighted by molar-refractivity contribution is -0.113. The summed E-state index contributed by atoms with van der Waals surface area (Å²) in [6.45, 7) is 2.01. The summed E-state index contributed by atoms with van der Waals surface area (Å²) in [4.78, 5) is 16.6. The number of amides is 1. The molecule has 1 heterocycles. The van der Waals surface area contributed by atoms with Crippen LogP contribution < -0.4 is 5.32 Å². The van der Waals surface area contributed by atoms with Crippen LogP contribution in [0.3, 0.4) is 0 Å². The monoisotopic (exact) mass is 345 g/mol. The quantitative estimate of drug-likeness (QED) is 0.718. The number of hydrogen-bond acceptors (Lipinski definition) is 3. The highest BCUT2D eigenvalue weighted by molar-refractivity contribution is 7.99. The van der Waals surface area contributed by atoms with E-state index in [1.54, 1.807) is 0 Å². The highest BCUT2D eigenvalue weighted by Crippen LogP contribution is 2.25. The minimum Gasteiger partial charge on any atom is -0.325 e. The van der Waals surface area contributed by atoms with Crippen molar-refractivity contribution in [2.75, 3.05) is 11.1 Å². The van der Waals surface area contributed by atoms with Crippen LogP contribution in [-0.4, -0.2) is 21.2 Å². The predicted octanol–water partition coefficient (Wildman–Crippen LogP) is 4.27. The van der Waals surface area contributed by atoms with Crippen LogP contribution in [0.4, 0.5) is 5.69 Å². The maximum Gasteiger partial charge on any atom is 0.234 e. The van der Waals surface area contributed by atoms with Gasteiger partial charge in [0, 0.05) is 17.8 Å². The Hall–Kier alpha value is -1.98. The summed E-state index contributed by atoms with van der Waals surface area (Å²) in [5, 5.41) is 4.33. The van der Waals surface area contributed by atoms with Crippen molar-refractivity contribution in [3.8, 4) is 0 Å². The van der Waals surface area contributed by atoms with E-state index in [2.05, 4.69) is 10.3 Å². The lowest BCUT2D eigenvalue weighted by Crippen LogP contribution is -2.14. The zero-order valence-corrected chi connectivity index (χ0v) is 14.4. The van der Waals surface area contributed by atoms with E-state index in [4.69, 9.17) is 11.6 Å². The van der Waals surface area contributed by atoms with Crippen LogP contribution in [0.25, 0.3) is 11.0 Å². The van der Waals surface area contributed by atoms with E-state index in [9.17, 15) is 4.79 Å². The van der Waals surface area contributed by atoms with Crippen LogP contribution in [0.15, 0.2) is 47.6 Å². The molecule has 0 spiro atoms. The minimum absolute atomic E-state index is 0.0519. The summed E-state index contributed by atoms with van der Waals surface area (Å²) >= 11 is 7.39. The maximum atomic E-state index is 12.1. The first kappa shape index (κ1) is 15.9. The average molecular weight is 346 g/mol. The van der Waals surface area contributed by atoms with Gasteiger partial charge in [-0.2, -0.15) is 0 Å². The molecular weight excluding hydrogens is 330 g/mol. The first-order chi connectivity index (χ1) is 11.0. The Morgan fingerprint density at radius 1 is 1.26 bits per heavy atom. The molecule has 3 rings (SSSR count). The van der Waals surface area contributed by atoms with Gasteiger partial charge in [0.05, 0.1) is 16.8 Å². The van der Waals surface area contributed by atoms with Gasteiger partial charge in [-0.25, -0.2) is 4.98 Å². The molecule has 0 atom stereocenters. The Morgan fingerprint density at radius 3 is 2.74 bits per heavy atom. The summed E-state index contributed by atoms with van der Waals surface area (Å²) in [7, 11) is 1.93. The van der Waals surface area contributed by atoms with Gasteiger partial charge in [-0.15, -0.1) is 0 Å². The molecule has 0 fully saturated rings. The third-order valence-corrected chi connectivity index (χ3v) is 4.73. The van der Waals surface area contributed by atoms with Gasteiger partial charge < -0.3 is 9.88 Å². The van der Waals surface area contributed by atoms with Crippen molar-refractivity contribution in [3.05, 3.63) is 53.1 Å². The van der Waals surface area contributed by atoms with E-state index in [0.29, 0.717) is 10.8 Å². The van der Waals surface area contributed by atoms with Crippen molar-refractivity contribution in [2.45, 2.75) is 12.1 Å². The Bertz CT molecular complexity index is 858. The molecule has 0 aliphatic carbocycles. The molecule has 4 nitrogen and oxygen atoms in total. The molecule has 6 heteroatoms. The molecule has 0 aliphatic rings. The van der Waals surface area contributed by atoms with E-state index >= 15 is 0 Å². The molecule has 1 amide bonds. The minimum atomic E-state index is -0.0519. The molecule has 0 saturated carbocycles. The highest BCUT2D eigenvalue weighted by atomic mass is 35.5. The first-order valence-corrected chi connectivity index (χ1v) is 8.50. The number of carbonyl (C=O) groups excluding carboxylic acids is 1.